The Bertz CT molecular complexity index is 140. The zero-order valence-electron chi connectivity index (χ0n) is 4.16. The lowest BCUT2D eigenvalue weighted by Gasteiger charge is -1.85. The monoisotopic (exact) mass is 130 g/mol. The minimum Gasteiger partial charge on any atom is -0.385 e. The molecule has 0 spiro atoms. The van der Waals surface area contributed by atoms with Crippen molar-refractivity contribution in [1.29, 1.82) is 0 Å². The third-order valence-electron chi connectivity index (χ3n) is 0.674. The predicted octanol–water partition coefficient (Wildman–Crippen LogP) is 0.452. The number of hydrogen-bond donors (Lipinski definition) is 2. The lowest BCUT2D eigenvalue weighted by Crippen LogP contribution is -1.75. The van der Waals surface area contributed by atoms with Gasteiger partial charge in [-0.1, -0.05) is 11.8 Å². The molecule has 0 unspecified atom stereocenters. The van der Waals surface area contributed by atoms with Gasteiger partial charge in [-0.3, -0.25) is 0 Å². The predicted molar refractivity (Wildman–Crippen MR) is 31.5 cm³/mol. The number of imidazole rings is 1. The van der Waals surface area contributed by atoms with Crippen LogP contribution in [-0.4, -0.2) is 21.0 Å². The summed E-state index contributed by atoms with van der Waals surface area (Å²) >= 11 is 1.27. The number of thioether (sulfide) groups is 1. The maximum atomic E-state index is 8.34. The molecule has 1 rings (SSSR count). The van der Waals surface area contributed by atoms with Gasteiger partial charge in [-0.05, 0) is 0 Å². The molecule has 8 heavy (non-hydrogen) atoms. The molecule has 0 saturated heterocycles. The molecule has 4 heteroatoms. The average molecular weight is 130 g/mol. The molecule has 0 atom stereocenters. The summed E-state index contributed by atoms with van der Waals surface area (Å²) in [6.45, 7) is 0. The number of hydrogen-bond acceptors (Lipinski definition) is 3. The lowest BCUT2D eigenvalue weighted by molar-refractivity contribution is 0.375. The molecule has 0 saturated carbocycles. The molecule has 0 fully saturated rings. The molecule has 1 heterocycles. The Hall–Kier alpha value is -0.480. The Balaban J connectivity index is 2.50. The van der Waals surface area contributed by atoms with Gasteiger partial charge >= 0.3 is 0 Å². The third-order valence-corrected chi connectivity index (χ3v) is 1.30. The highest BCUT2D eigenvalue weighted by atomic mass is 32.2. The second kappa shape index (κ2) is 2.74. The second-order valence-corrected chi connectivity index (χ2v) is 2.10. The van der Waals surface area contributed by atoms with Crippen molar-refractivity contribution >= 4 is 11.8 Å². The first kappa shape index (κ1) is 5.65. The van der Waals surface area contributed by atoms with Crippen molar-refractivity contribution in [3.05, 3.63) is 12.4 Å². The number of nitrogens with zero attached hydrogens (tertiary/aromatic N) is 1. The van der Waals surface area contributed by atoms with E-state index < -0.39 is 0 Å². The summed E-state index contributed by atoms with van der Waals surface area (Å²) < 4.78 is 0. The topological polar surface area (TPSA) is 48.9 Å². The van der Waals surface area contributed by atoms with Gasteiger partial charge < -0.3 is 10.1 Å². The third kappa shape index (κ3) is 1.24. The highest BCUT2D eigenvalue weighted by molar-refractivity contribution is 7.98. The van der Waals surface area contributed by atoms with Crippen LogP contribution in [0.3, 0.4) is 0 Å². The molecule has 0 amide bonds. The standard InChI is InChI=1S/C4H6N2OS/c7-3-8-4-5-1-2-6-4/h1-2,7H,3H2,(H,5,6). The van der Waals surface area contributed by atoms with E-state index in [1.54, 1.807) is 12.4 Å². The van der Waals surface area contributed by atoms with E-state index >= 15 is 0 Å². The van der Waals surface area contributed by atoms with Gasteiger partial charge in [-0.25, -0.2) is 4.98 Å². The van der Waals surface area contributed by atoms with E-state index in [0.29, 0.717) is 0 Å². The summed E-state index contributed by atoms with van der Waals surface area (Å²) in [4.78, 5) is 6.68. The lowest BCUT2D eigenvalue weighted by atomic mass is 11.0. The van der Waals surface area contributed by atoms with Crippen molar-refractivity contribution < 1.29 is 5.11 Å². The number of H-pyrrole nitrogens is 1. The van der Waals surface area contributed by atoms with E-state index in [-0.39, 0.29) is 5.94 Å². The van der Waals surface area contributed by atoms with Crippen LogP contribution in [0.5, 0.6) is 0 Å². The van der Waals surface area contributed by atoms with E-state index in [0.717, 1.165) is 5.16 Å². The van der Waals surface area contributed by atoms with Crippen molar-refractivity contribution in [2.45, 2.75) is 5.16 Å². The number of aromatic nitrogens is 2. The van der Waals surface area contributed by atoms with Crippen LogP contribution in [0.25, 0.3) is 0 Å². The summed E-state index contributed by atoms with van der Waals surface area (Å²) in [5.74, 6) is 0.0769. The first-order valence-corrected chi connectivity index (χ1v) is 3.15. The normalized spacial score (nSPS) is 9.62. The SMILES string of the molecule is OCSc1ncc[nH]1. The fourth-order valence-electron chi connectivity index (χ4n) is 0.391. The molecular weight excluding hydrogens is 124 g/mol. The summed E-state index contributed by atoms with van der Waals surface area (Å²) in [7, 11) is 0. The molecule has 44 valence electrons. The Labute approximate surface area is 51.1 Å². The average Bonchev–Trinajstić information content (AvgIpc) is 2.19. The zero-order valence-corrected chi connectivity index (χ0v) is 4.98. The quantitative estimate of drug-likeness (QED) is 0.451. The van der Waals surface area contributed by atoms with E-state index in [2.05, 4.69) is 9.97 Å². The molecule has 1 aromatic heterocycles. The summed E-state index contributed by atoms with van der Waals surface area (Å²) in [5.41, 5.74) is 0. The van der Waals surface area contributed by atoms with Crippen molar-refractivity contribution in [2.24, 2.45) is 0 Å². The summed E-state index contributed by atoms with van der Waals surface area (Å²) in [6, 6.07) is 0. The van der Waals surface area contributed by atoms with Crippen molar-refractivity contribution in [2.75, 3.05) is 5.94 Å². The van der Waals surface area contributed by atoms with E-state index in [1.165, 1.54) is 11.8 Å². The molecule has 0 aromatic carbocycles. The van der Waals surface area contributed by atoms with Crippen LogP contribution >= 0.6 is 11.8 Å². The van der Waals surface area contributed by atoms with Crippen LogP contribution < -0.4 is 0 Å². The number of aromatic amines is 1. The number of aliphatic hydroxyl groups excluding tert-OH is 1. The zero-order chi connectivity index (χ0) is 5.82. The first-order valence-electron chi connectivity index (χ1n) is 2.16. The fourth-order valence-corrected chi connectivity index (χ4v) is 0.800. The van der Waals surface area contributed by atoms with Crippen molar-refractivity contribution in [3.63, 3.8) is 0 Å². The molecule has 2 N–H and O–H groups in total. The van der Waals surface area contributed by atoms with Gasteiger partial charge in [0, 0.05) is 12.4 Å². The minimum absolute atomic E-state index is 0.0769. The number of nitrogens with one attached hydrogen (secondary N) is 1. The molecule has 1 aromatic rings. The largest absolute Gasteiger partial charge is 0.385 e. The maximum Gasteiger partial charge on any atom is 0.167 e. The molecule has 3 nitrogen and oxygen atoms in total. The van der Waals surface area contributed by atoms with E-state index in [4.69, 9.17) is 5.11 Å². The summed E-state index contributed by atoms with van der Waals surface area (Å²) in [6.07, 6.45) is 3.37. The van der Waals surface area contributed by atoms with Crippen LogP contribution in [0.15, 0.2) is 17.6 Å². The Morgan fingerprint density at radius 3 is 3.25 bits per heavy atom. The van der Waals surface area contributed by atoms with E-state index in [9.17, 15) is 0 Å². The Kier molecular flexibility index (Phi) is 1.93. The van der Waals surface area contributed by atoms with Gasteiger partial charge in [0.05, 0.1) is 5.94 Å². The van der Waals surface area contributed by atoms with E-state index in [1.807, 2.05) is 0 Å². The van der Waals surface area contributed by atoms with Gasteiger partial charge in [0.25, 0.3) is 0 Å². The van der Waals surface area contributed by atoms with Gasteiger partial charge in [-0.2, -0.15) is 0 Å². The van der Waals surface area contributed by atoms with Gasteiger partial charge in [0.2, 0.25) is 0 Å². The highest BCUT2D eigenvalue weighted by Crippen LogP contribution is 2.07. The molecule has 0 aliphatic heterocycles. The summed E-state index contributed by atoms with van der Waals surface area (Å²) in [5, 5.41) is 9.10. The van der Waals surface area contributed by atoms with Crippen LogP contribution in [0.1, 0.15) is 0 Å². The molecule has 0 aliphatic carbocycles. The smallest absolute Gasteiger partial charge is 0.167 e. The molecular formula is C4H6N2OS. The molecule has 0 bridgehead atoms. The van der Waals surface area contributed by atoms with Crippen molar-refractivity contribution in [3.8, 4) is 0 Å². The number of aliphatic hydroxyl groups is 1. The highest BCUT2D eigenvalue weighted by Gasteiger charge is 1.88. The number of rotatable bonds is 2. The van der Waals surface area contributed by atoms with Crippen LogP contribution in [0, 0.1) is 0 Å². The minimum atomic E-state index is 0.0769. The fraction of sp³-hybridized carbons (Fsp3) is 0.250. The molecule has 0 aliphatic rings. The Morgan fingerprint density at radius 2 is 2.75 bits per heavy atom. The first-order chi connectivity index (χ1) is 3.93. The second-order valence-electron chi connectivity index (χ2n) is 1.17. The van der Waals surface area contributed by atoms with Crippen LogP contribution in [-0.2, 0) is 0 Å². The molecule has 0 radical (unpaired) electrons. The van der Waals surface area contributed by atoms with Crippen LogP contribution in [0.4, 0.5) is 0 Å². The van der Waals surface area contributed by atoms with Gasteiger partial charge in [0.1, 0.15) is 0 Å². The van der Waals surface area contributed by atoms with Crippen LogP contribution in [0.2, 0.25) is 0 Å². The van der Waals surface area contributed by atoms with Gasteiger partial charge in [-0.15, -0.1) is 0 Å². The van der Waals surface area contributed by atoms with Crippen molar-refractivity contribution in [1.82, 2.24) is 9.97 Å². The van der Waals surface area contributed by atoms with Gasteiger partial charge in [0.15, 0.2) is 5.16 Å². The maximum absolute atomic E-state index is 8.34. The Morgan fingerprint density at radius 1 is 1.88 bits per heavy atom.